The average molecular weight is 272 g/mol. The van der Waals surface area contributed by atoms with Crippen LogP contribution >= 0.6 is 0 Å². The SMILES string of the molecule is C=CC(=O)ONCCCCCCCCCCCC.N. The summed E-state index contributed by atoms with van der Waals surface area (Å²) in [6.07, 6.45) is 14.3. The normalized spacial score (nSPS) is 9.74. The summed E-state index contributed by atoms with van der Waals surface area (Å²) in [7, 11) is 0. The van der Waals surface area contributed by atoms with Crippen LogP contribution in [0.3, 0.4) is 0 Å². The van der Waals surface area contributed by atoms with E-state index in [1.54, 1.807) is 0 Å². The topological polar surface area (TPSA) is 73.3 Å². The van der Waals surface area contributed by atoms with Crippen molar-refractivity contribution in [1.29, 1.82) is 0 Å². The lowest BCUT2D eigenvalue weighted by Crippen LogP contribution is -2.19. The maximum atomic E-state index is 10.7. The van der Waals surface area contributed by atoms with Crippen LogP contribution in [-0.2, 0) is 9.63 Å². The van der Waals surface area contributed by atoms with Gasteiger partial charge in [-0.25, -0.2) is 4.79 Å². The first-order valence-corrected chi connectivity index (χ1v) is 7.37. The highest BCUT2D eigenvalue weighted by Gasteiger charge is 1.95. The van der Waals surface area contributed by atoms with Gasteiger partial charge in [-0.1, -0.05) is 71.3 Å². The molecule has 0 aromatic rings. The Kier molecular flexibility index (Phi) is 18.4. The molecule has 0 unspecified atom stereocenters. The smallest absolute Gasteiger partial charge is 0.348 e. The Bertz CT molecular complexity index is 208. The molecule has 4 nitrogen and oxygen atoms in total. The van der Waals surface area contributed by atoms with Gasteiger partial charge < -0.3 is 11.0 Å². The minimum absolute atomic E-state index is 0. The van der Waals surface area contributed by atoms with Gasteiger partial charge in [0, 0.05) is 12.6 Å². The first-order chi connectivity index (χ1) is 8.81. The van der Waals surface area contributed by atoms with Crippen molar-refractivity contribution in [2.24, 2.45) is 0 Å². The molecule has 0 fully saturated rings. The summed E-state index contributed by atoms with van der Waals surface area (Å²) in [4.78, 5) is 15.4. The number of hydrogen-bond donors (Lipinski definition) is 2. The van der Waals surface area contributed by atoms with E-state index >= 15 is 0 Å². The molecule has 0 radical (unpaired) electrons. The van der Waals surface area contributed by atoms with Crippen LogP contribution < -0.4 is 11.6 Å². The Hall–Kier alpha value is -0.870. The molecule has 0 aromatic heterocycles. The third kappa shape index (κ3) is 17.1. The van der Waals surface area contributed by atoms with Crippen LogP contribution in [0.4, 0.5) is 0 Å². The minimum Gasteiger partial charge on any atom is -0.367 e. The van der Waals surface area contributed by atoms with Gasteiger partial charge in [0.1, 0.15) is 0 Å². The molecule has 0 aromatic carbocycles. The maximum Gasteiger partial charge on any atom is 0.348 e. The predicted molar refractivity (Wildman–Crippen MR) is 81.2 cm³/mol. The highest BCUT2D eigenvalue weighted by molar-refractivity contribution is 5.80. The summed E-state index contributed by atoms with van der Waals surface area (Å²) in [6, 6.07) is 0. The summed E-state index contributed by atoms with van der Waals surface area (Å²) in [5.74, 6) is -0.415. The highest BCUT2D eigenvalue weighted by Crippen LogP contribution is 2.10. The lowest BCUT2D eigenvalue weighted by molar-refractivity contribution is -0.144. The third-order valence-electron chi connectivity index (χ3n) is 2.97. The first-order valence-electron chi connectivity index (χ1n) is 7.37. The molecule has 4 N–H and O–H groups in total. The number of unbranched alkanes of at least 4 members (excludes halogenated alkanes) is 9. The van der Waals surface area contributed by atoms with Crippen molar-refractivity contribution in [3.63, 3.8) is 0 Å². The maximum absolute atomic E-state index is 10.7. The van der Waals surface area contributed by atoms with E-state index in [4.69, 9.17) is 0 Å². The molecule has 0 aliphatic rings. The van der Waals surface area contributed by atoms with Crippen molar-refractivity contribution in [3.05, 3.63) is 12.7 Å². The number of carbonyl (C=O) groups excluding carboxylic acids is 1. The fraction of sp³-hybridized carbons (Fsp3) is 0.800. The van der Waals surface area contributed by atoms with Crippen LogP contribution in [0.15, 0.2) is 12.7 Å². The van der Waals surface area contributed by atoms with Gasteiger partial charge in [-0.2, -0.15) is 5.48 Å². The van der Waals surface area contributed by atoms with Crippen LogP contribution in [-0.4, -0.2) is 12.5 Å². The van der Waals surface area contributed by atoms with Crippen molar-refractivity contribution in [3.8, 4) is 0 Å². The van der Waals surface area contributed by atoms with Crippen molar-refractivity contribution in [1.82, 2.24) is 11.6 Å². The second-order valence-corrected chi connectivity index (χ2v) is 4.70. The summed E-state index contributed by atoms with van der Waals surface area (Å²) in [5.41, 5.74) is 2.64. The molecule has 0 saturated carbocycles. The largest absolute Gasteiger partial charge is 0.367 e. The molecule has 0 spiro atoms. The van der Waals surface area contributed by atoms with Gasteiger partial charge >= 0.3 is 5.97 Å². The molecule has 0 amide bonds. The molecule has 114 valence electrons. The van der Waals surface area contributed by atoms with Crippen LogP contribution in [0.5, 0.6) is 0 Å². The Labute approximate surface area is 118 Å². The van der Waals surface area contributed by atoms with Crippen LogP contribution in [0, 0.1) is 0 Å². The number of hydroxylamine groups is 1. The molecule has 0 saturated heterocycles. The molecule has 0 atom stereocenters. The summed E-state index contributed by atoms with van der Waals surface area (Å²) < 4.78 is 0. The Morgan fingerprint density at radius 1 is 1.00 bits per heavy atom. The van der Waals surface area contributed by atoms with Crippen molar-refractivity contribution >= 4 is 5.97 Å². The summed E-state index contributed by atoms with van der Waals surface area (Å²) in [5, 5.41) is 0. The van der Waals surface area contributed by atoms with Gasteiger partial charge in [-0.05, 0) is 6.42 Å². The lowest BCUT2D eigenvalue weighted by atomic mass is 10.1. The molecule has 0 aliphatic carbocycles. The summed E-state index contributed by atoms with van der Waals surface area (Å²) >= 11 is 0. The molecule has 0 aliphatic heterocycles. The highest BCUT2D eigenvalue weighted by atomic mass is 16.7. The van der Waals surface area contributed by atoms with E-state index in [1.807, 2.05) is 0 Å². The van der Waals surface area contributed by atoms with Gasteiger partial charge in [-0.3, -0.25) is 0 Å². The zero-order valence-corrected chi connectivity index (χ0v) is 12.6. The molecule has 0 bridgehead atoms. The van der Waals surface area contributed by atoms with Crippen molar-refractivity contribution < 1.29 is 9.63 Å². The fourth-order valence-corrected chi connectivity index (χ4v) is 1.85. The van der Waals surface area contributed by atoms with E-state index in [2.05, 4.69) is 23.8 Å². The standard InChI is InChI=1S/C15H29NO2.H3N/c1-3-5-6-7-8-9-10-11-12-13-14-16-18-15(17)4-2;/h4,16H,2-3,5-14H2,1H3;1H3. The molecule has 0 heterocycles. The van der Waals surface area contributed by atoms with Crippen molar-refractivity contribution in [2.45, 2.75) is 71.1 Å². The quantitative estimate of drug-likeness (QED) is 0.298. The second kappa shape index (κ2) is 17.1. The van der Waals surface area contributed by atoms with Gasteiger partial charge in [0.25, 0.3) is 0 Å². The van der Waals surface area contributed by atoms with Gasteiger partial charge in [-0.15, -0.1) is 0 Å². The number of nitrogens with one attached hydrogen (secondary N) is 1. The van der Waals surface area contributed by atoms with Crippen LogP contribution in [0.25, 0.3) is 0 Å². The predicted octanol–water partition coefficient (Wildman–Crippen LogP) is 4.30. The van der Waals surface area contributed by atoms with E-state index in [1.165, 1.54) is 57.8 Å². The second-order valence-electron chi connectivity index (χ2n) is 4.70. The number of hydrogen-bond acceptors (Lipinski definition) is 4. The first kappa shape index (κ1) is 20.4. The van der Waals surface area contributed by atoms with Crippen LogP contribution in [0.1, 0.15) is 71.1 Å². The summed E-state index contributed by atoms with van der Waals surface area (Å²) in [6.45, 7) is 6.30. The zero-order valence-electron chi connectivity index (χ0n) is 12.6. The zero-order chi connectivity index (χ0) is 13.5. The van der Waals surface area contributed by atoms with E-state index in [0.717, 1.165) is 19.0 Å². The van der Waals surface area contributed by atoms with Crippen molar-refractivity contribution in [2.75, 3.05) is 6.54 Å². The molecule has 4 heteroatoms. The number of rotatable bonds is 13. The molecule has 19 heavy (non-hydrogen) atoms. The van der Waals surface area contributed by atoms with E-state index in [-0.39, 0.29) is 6.15 Å². The van der Waals surface area contributed by atoms with Gasteiger partial charge in [0.2, 0.25) is 0 Å². The monoisotopic (exact) mass is 272 g/mol. The lowest BCUT2D eigenvalue weighted by Gasteiger charge is -2.04. The van der Waals surface area contributed by atoms with E-state index in [0.29, 0.717) is 0 Å². The Balaban J connectivity index is 0. The average Bonchev–Trinajstić information content (AvgIpc) is 2.39. The molecular weight excluding hydrogens is 240 g/mol. The van der Waals surface area contributed by atoms with Crippen LogP contribution in [0.2, 0.25) is 0 Å². The van der Waals surface area contributed by atoms with Gasteiger partial charge in [0.15, 0.2) is 0 Å². The number of carbonyl (C=O) groups is 1. The van der Waals surface area contributed by atoms with E-state index < -0.39 is 5.97 Å². The Morgan fingerprint density at radius 2 is 1.47 bits per heavy atom. The molecular formula is C15H32N2O2. The van der Waals surface area contributed by atoms with E-state index in [9.17, 15) is 4.79 Å². The third-order valence-corrected chi connectivity index (χ3v) is 2.97. The Morgan fingerprint density at radius 3 is 1.95 bits per heavy atom. The van der Waals surface area contributed by atoms with Gasteiger partial charge in [0.05, 0.1) is 0 Å². The minimum atomic E-state index is -0.415. The molecule has 0 rings (SSSR count). The fourth-order valence-electron chi connectivity index (χ4n) is 1.85.